The van der Waals surface area contributed by atoms with Crippen LogP contribution in [-0.4, -0.2) is 44.8 Å². The quantitative estimate of drug-likeness (QED) is 0.774. The van der Waals surface area contributed by atoms with Crippen molar-refractivity contribution in [3.63, 3.8) is 0 Å². The Kier molecular flexibility index (Phi) is 4.02. The van der Waals surface area contributed by atoms with Crippen LogP contribution in [0, 0.1) is 0 Å². The molecule has 0 aliphatic heterocycles. The molecule has 17 heavy (non-hydrogen) atoms. The molecule has 7 nitrogen and oxygen atoms in total. The minimum absolute atomic E-state index is 0.0860. The van der Waals surface area contributed by atoms with E-state index in [1.165, 1.54) is 32.5 Å². The summed E-state index contributed by atoms with van der Waals surface area (Å²) in [6.45, 7) is 0. The molecule has 0 radical (unpaired) electrons. The third-order valence-electron chi connectivity index (χ3n) is 1.86. The van der Waals surface area contributed by atoms with Gasteiger partial charge < -0.3 is 0 Å². The van der Waals surface area contributed by atoms with Gasteiger partial charge in [0.15, 0.2) is 0 Å². The molecule has 0 unspecified atom stereocenters. The van der Waals surface area contributed by atoms with Crippen LogP contribution in [0.5, 0.6) is 0 Å². The van der Waals surface area contributed by atoms with Crippen LogP contribution in [0.2, 0.25) is 0 Å². The van der Waals surface area contributed by atoms with E-state index in [0.717, 1.165) is 11.3 Å². The zero-order valence-corrected chi connectivity index (χ0v) is 10.5. The molecule has 1 rings (SSSR count). The maximum Gasteiger partial charge on any atom is 0.277 e. The summed E-state index contributed by atoms with van der Waals surface area (Å²) in [5.74, 6) is -0.311. The van der Waals surface area contributed by atoms with E-state index in [-0.39, 0.29) is 11.4 Å². The second kappa shape index (κ2) is 5.11. The summed E-state index contributed by atoms with van der Waals surface area (Å²) in [5, 5.41) is 1.03. The second-order valence-electron chi connectivity index (χ2n) is 3.29. The number of pyridine rings is 1. The van der Waals surface area contributed by atoms with E-state index in [0.29, 0.717) is 0 Å². The fraction of sp³-hybridized carbons (Fsp3) is 0.333. The fourth-order valence-electron chi connectivity index (χ4n) is 1.07. The first-order chi connectivity index (χ1) is 7.83. The molecule has 1 aromatic heterocycles. The molecule has 1 N–H and O–H groups in total. The molecule has 0 saturated heterocycles. The lowest BCUT2D eigenvalue weighted by Crippen LogP contribution is -2.25. The van der Waals surface area contributed by atoms with Crippen molar-refractivity contribution in [3.05, 3.63) is 23.9 Å². The molecule has 94 valence electrons. The number of anilines is 1. The van der Waals surface area contributed by atoms with Crippen LogP contribution in [0.1, 0.15) is 10.4 Å². The molecule has 1 amide bonds. The number of nitrogens with zero attached hydrogens (tertiary/aromatic N) is 2. The number of hydrogen-bond donors (Lipinski definition) is 1. The molecular formula is C9H13N3O4S. The summed E-state index contributed by atoms with van der Waals surface area (Å²) < 4.78 is 24.2. The Bertz CT molecular complexity index is 515. The molecule has 0 spiro atoms. The van der Waals surface area contributed by atoms with Gasteiger partial charge in [0.25, 0.3) is 5.91 Å². The number of carbonyl (C=O) groups is 1. The highest BCUT2D eigenvalue weighted by Crippen LogP contribution is 2.10. The smallest absolute Gasteiger partial charge is 0.274 e. The number of amides is 1. The highest BCUT2D eigenvalue weighted by atomic mass is 32.2. The number of rotatable bonds is 4. The molecule has 1 heterocycles. The van der Waals surface area contributed by atoms with Crippen molar-refractivity contribution in [3.8, 4) is 0 Å². The number of hydrogen-bond acceptors (Lipinski definition) is 5. The Hall–Kier alpha value is -1.67. The van der Waals surface area contributed by atoms with Gasteiger partial charge in [0.2, 0.25) is 10.0 Å². The maximum atomic E-state index is 11.7. The first-order valence-electron chi connectivity index (χ1n) is 4.59. The van der Waals surface area contributed by atoms with Crippen LogP contribution in [0.4, 0.5) is 5.82 Å². The number of nitrogens with one attached hydrogen (secondary N) is 1. The molecule has 0 aliphatic rings. The van der Waals surface area contributed by atoms with E-state index in [2.05, 4.69) is 9.71 Å². The molecule has 0 saturated carbocycles. The van der Waals surface area contributed by atoms with Gasteiger partial charge in [-0.2, -0.15) is 0 Å². The summed E-state index contributed by atoms with van der Waals surface area (Å²) in [6.07, 6.45) is 2.34. The summed E-state index contributed by atoms with van der Waals surface area (Å²) in [7, 11) is -0.607. The van der Waals surface area contributed by atoms with E-state index >= 15 is 0 Å². The van der Waals surface area contributed by atoms with Gasteiger partial charge in [-0.25, -0.2) is 18.5 Å². The SMILES string of the molecule is CON(C)C(=O)c1ccnc(NS(C)(=O)=O)c1. The van der Waals surface area contributed by atoms with Crippen LogP contribution in [0.3, 0.4) is 0 Å². The lowest BCUT2D eigenvalue weighted by molar-refractivity contribution is -0.0757. The Morgan fingerprint density at radius 1 is 1.53 bits per heavy atom. The van der Waals surface area contributed by atoms with Crippen molar-refractivity contribution in [2.45, 2.75) is 0 Å². The van der Waals surface area contributed by atoms with Gasteiger partial charge in [0, 0.05) is 18.8 Å². The summed E-state index contributed by atoms with van der Waals surface area (Å²) in [4.78, 5) is 20.2. The average Bonchev–Trinajstić information content (AvgIpc) is 2.25. The van der Waals surface area contributed by atoms with Crippen LogP contribution >= 0.6 is 0 Å². The average molecular weight is 259 g/mol. The lowest BCUT2D eigenvalue weighted by atomic mass is 10.2. The number of sulfonamides is 1. The maximum absolute atomic E-state index is 11.7. The topological polar surface area (TPSA) is 88.6 Å². The first-order valence-corrected chi connectivity index (χ1v) is 6.48. The molecular weight excluding hydrogens is 246 g/mol. The Morgan fingerprint density at radius 2 is 2.18 bits per heavy atom. The van der Waals surface area contributed by atoms with Crippen molar-refractivity contribution < 1.29 is 18.0 Å². The van der Waals surface area contributed by atoms with Crippen LogP contribution in [0.15, 0.2) is 18.3 Å². The van der Waals surface area contributed by atoms with E-state index in [1.54, 1.807) is 0 Å². The molecule has 1 aromatic rings. The number of carbonyl (C=O) groups excluding carboxylic acids is 1. The Labute approximate surface area is 99.4 Å². The van der Waals surface area contributed by atoms with E-state index in [4.69, 9.17) is 4.84 Å². The largest absolute Gasteiger partial charge is 0.277 e. The van der Waals surface area contributed by atoms with Gasteiger partial charge in [-0.1, -0.05) is 0 Å². The zero-order valence-electron chi connectivity index (χ0n) is 9.67. The Balaban J connectivity index is 2.97. The molecule has 0 aromatic carbocycles. The van der Waals surface area contributed by atoms with E-state index < -0.39 is 15.9 Å². The molecule has 0 fully saturated rings. The predicted octanol–water partition coefficient (Wildman–Crippen LogP) is 0.0865. The zero-order chi connectivity index (χ0) is 13.1. The second-order valence-corrected chi connectivity index (χ2v) is 5.04. The van der Waals surface area contributed by atoms with Gasteiger partial charge in [0.05, 0.1) is 13.4 Å². The fourth-order valence-corrected chi connectivity index (χ4v) is 1.57. The third kappa shape index (κ3) is 4.00. The third-order valence-corrected chi connectivity index (χ3v) is 2.44. The van der Waals surface area contributed by atoms with Gasteiger partial charge in [-0.3, -0.25) is 14.4 Å². The van der Waals surface area contributed by atoms with Crippen molar-refractivity contribution in [2.75, 3.05) is 25.1 Å². The van der Waals surface area contributed by atoms with Crippen molar-refractivity contribution >= 4 is 21.7 Å². The first kappa shape index (κ1) is 13.4. The van der Waals surface area contributed by atoms with Crippen LogP contribution in [0.25, 0.3) is 0 Å². The Morgan fingerprint density at radius 3 is 2.71 bits per heavy atom. The minimum Gasteiger partial charge on any atom is -0.274 e. The van der Waals surface area contributed by atoms with Crippen molar-refractivity contribution in [1.29, 1.82) is 0 Å². The highest BCUT2D eigenvalue weighted by molar-refractivity contribution is 7.92. The van der Waals surface area contributed by atoms with E-state index in [9.17, 15) is 13.2 Å². The molecule has 0 atom stereocenters. The standard InChI is InChI=1S/C9H13N3O4S/c1-12(16-2)9(13)7-4-5-10-8(6-7)11-17(3,14)15/h4-6H,1-3H3,(H,10,11). The monoisotopic (exact) mass is 259 g/mol. The van der Waals surface area contributed by atoms with Gasteiger partial charge >= 0.3 is 0 Å². The molecule has 0 bridgehead atoms. The van der Waals surface area contributed by atoms with Gasteiger partial charge in [0.1, 0.15) is 5.82 Å². The van der Waals surface area contributed by atoms with Crippen LogP contribution in [-0.2, 0) is 14.9 Å². The van der Waals surface area contributed by atoms with Crippen LogP contribution < -0.4 is 4.72 Å². The van der Waals surface area contributed by atoms with Crippen molar-refractivity contribution in [1.82, 2.24) is 10.0 Å². The molecule has 0 aliphatic carbocycles. The lowest BCUT2D eigenvalue weighted by Gasteiger charge is -2.13. The van der Waals surface area contributed by atoms with Gasteiger partial charge in [-0.05, 0) is 12.1 Å². The van der Waals surface area contributed by atoms with E-state index in [1.807, 2.05) is 0 Å². The normalized spacial score (nSPS) is 11.0. The summed E-state index contributed by atoms with van der Waals surface area (Å²) >= 11 is 0. The van der Waals surface area contributed by atoms with Crippen molar-refractivity contribution in [2.24, 2.45) is 0 Å². The summed E-state index contributed by atoms with van der Waals surface area (Å²) in [6, 6.07) is 2.80. The van der Waals surface area contributed by atoms with Gasteiger partial charge in [-0.15, -0.1) is 0 Å². The minimum atomic E-state index is -3.41. The number of hydroxylamine groups is 2. The predicted molar refractivity (Wildman–Crippen MR) is 61.8 cm³/mol. The summed E-state index contributed by atoms with van der Waals surface area (Å²) in [5.41, 5.74) is 0.274. The highest BCUT2D eigenvalue weighted by Gasteiger charge is 2.13. The number of aromatic nitrogens is 1. The molecule has 8 heteroatoms.